The van der Waals surface area contributed by atoms with Gasteiger partial charge in [0.15, 0.2) is 0 Å². The highest BCUT2D eigenvalue weighted by atomic mass is 79.9. The van der Waals surface area contributed by atoms with Gasteiger partial charge in [0, 0.05) is 27.4 Å². The quantitative estimate of drug-likeness (QED) is 0.767. The van der Waals surface area contributed by atoms with E-state index in [1.165, 1.54) is 0 Å². The maximum Gasteiger partial charge on any atom is 0.239 e. The largest absolute Gasteiger partial charge is 0.325 e. The second kappa shape index (κ2) is 6.95. The molecule has 1 N–H and O–H groups in total. The molecule has 0 bridgehead atoms. The van der Waals surface area contributed by atoms with Crippen LogP contribution in [-0.2, 0) is 9.59 Å². The van der Waals surface area contributed by atoms with Gasteiger partial charge in [0.2, 0.25) is 11.8 Å². The second-order valence-electron chi connectivity index (χ2n) is 5.76. The molecule has 2 amide bonds. The van der Waals surface area contributed by atoms with Crippen LogP contribution >= 0.6 is 27.5 Å². The predicted octanol–water partition coefficient (Wildman–Crippen LogP) is 4.40. The minimum absolute atomic E-state index is 0.167. The number of hydrogen-bond donors (Lipinski definition) is 1. The Morgan fingerprint density at radius 2 is 2.08 bits per heavy atom. The molecule has 1 saturated heterocycles. The molecule has 0 saturated carbocycles. The van der Waals surface area contributed by atoms with Crippen LogP contribution in [0.1, 0.15) is 12.0 Å². The Morgan fingerprint density at radius 3 is 2.79 bits per heavy atom. The summed E-state index contributed by atoms with van der Waals surface area (Å²) < 4.78 is 0.964. The summed E-state index contributed by atoms with van der Waals surface area (Å²) in [7, 11) is 0. The van der Waals surface area contributed by atoms with Crippen molar-refractivity contribution in [2.45, 2.75) is 13.3 Å². The minimum Gasteiger partial charge on any atom is -0.325 e. The Kier molecular flexibility index (Phi) is 4.92. The van der Waals surface area contributed by atoms with Crippen molar-refractivity contribution in [3.8, 4) is 0 Å². The number of halogens is 2. The van der Waals surface area contributed by atoms with E-state index in [4.69, 9.17) is 11.6 Å². The molecule has 6 heteroatoms. The number of nitrogens with one attached hydrogen (secondary N) is 1. The Bertz CT molecular complexity index is 809. The number of hydrogen-bond acceptors (Lipinski definition) is 2. The van der Waals surface area contributed by atoms with Crippen LogP contribution in [0.5, 0.6) is 0 Å². The van der Waals surface area contributed by atoms with Gasteiger partial charge in [-0.05, 0) is 55.3 Å². The Morgan fingerprint density at radius 1 is 1.29 bits per heavy atom. The molecule has 0 unspecified atom stereocenters. The maximum atomic E-state index is 12.7. The van der Waals surface area contributed by atoms with Crippen LogP contribution in [0.2, 0.25) is 5.02 Å². The number of anilines is 2. The third-order valence-electron chi connectivity index (χ3n) is 4.06. The van der Waals surface area contributed by atoms with Crippen molar-refractivity contribution in [1.29, 1.82) is 0 Å². The van der Waals surface area contributed by atoms with Crippen LogP contribution in [-0.4, -0.2) is 18.4 Å². The molecule has 2 aromatic carbocycles. The van der Waals surface area contributed by atoms with Gasteiger partial charge in [-0.1, -0.05) is 33.6 Å². The number of carbonyl (C=O) groups is 2. The molecule has 0 aromatic heterocycles. The fraction of sp³-hybridized carbons (Fsp3) is 0.222. The van der Waals surface area contributed by atoms with Crippen molar-refractivity contribution >= 4 is 50.7 Å². The van der Waals surface area contributed by atoms with Crippen LogP contribution in [0.4, 0.5) is 11.4 Å². The minimum atomic E-state index is -0.674. The fourth-order valence-electron chi connectivity index (χ4n) is 2.88. The summed E-state index contributed by atoms with van der Waals surface area (Å²) in [5, 5.41) is 3.31. The smallest absolute Gasteiger partial charge is 0.239 e. The van der Waals surface area contributed by atoms with Crippen LogP contribution in [0, 0.1) is 12.8 Å². The van der Waals surface area contributed by atoms with E-state index in [0.29, 0.717) is 23.7 Å². The summed E-state index contributed by atoms with van der Waals surface area (Å²) in [6.45, 7) is 2.49. The SMILES string of the molecule is Cc1cc(Br)ccc1N1CC[C@H](C(=O)Nc2cccc(Cl)c2)C1=O. The molecule has 3 rings (SSSR count). The van der Waals surface area contributed by atoms with Crippen molar-refractivity contribution in [2.75, 3.05) is 16.8 Å². The average molecular weight is 408 g/mol. The summed E-state index contributed by atoms with van der Waals surface area (Å²) in [6.07, 6.45) is 0.501. The van der Waals surface area contributed by atoms with E-state index in [1.807, 2.05) is 25.1 Å². The summed E-state index contributed by atoms with van der Waals surface area (Å²) in [5.41, 5.74) is 2.44. The van der Waals surface area contributed by atoms with Crippen LogP contribution < -0.4 is 10.2 Å². The number of benzene rings is 2. The van der Waals surface area contributed by atoms with Gasteiger partial charge in [0.25, 0.3) is 0 Å². The van der Waals surface area contributed by atoms with E-state index in [9.17, 15) is 9.59 Å². The summed E-state index contributed by atoms with van der Waals surface area (Å²) in [4.78, 5) is 26.8. The van der Waals surface area contributed by atoms with Gasteiger partial charge in [-0.2, -0.15) is 0 Å². The third kappa shape index (κ3) is 3.47. The van der Waals surface area contributed by atoms with Crippen molar-refractivity contribution in [3.05, 3.63) is 57.5 Å². The summed E-state index contributed by atoms with van der Waals surface area (Å²) in [6, 6.07) is 12.7. The number of amides is 2. The Hall–Kier alpha value is -1.85. The molecular weight excluding hydrogens is 392 g/mol. The highest BCUT2D eigenvalue weighted by Crippen LogP contribution is 2.30. The van der Waals surface area contributed by atoms with Gasteiger partial charge in [-0.3, -0.25) is 9.59 Å². The van der Waals surface area contributed by atoms with Gasteiger partial charge < -0.3 is 10.2 Å². The predicted molar refractivity (Wildman–Crippen MR) is 99.4 cm³/mol. The average Bonchev–Trinajstić information content (AvgIpc) is 2.89. The molecule has 0 aliphatic carbocycles. The van der Waals surface area contributed by atoms with Crippen molar-refractivity contribution < 1.29 is 9.59 Å². The van der Waals surface area contributed by atoms with Gasteiger partial charge in [0.05, 0.1) is 0 Å². The fourth-order valence-corrected chi connectivity index (χ4v) is 3.55. The first-order valence-corrected chi connectivity index (χ1v) is 8.77. The number of aryl methyl sites for hydroxylation is 1. The molecule has 24 heavy (non-hydrogen) atoms. The molecule has 1 heterocycles. The molecule has 1 atom stereocenters. The zero-order valence-electron chi connectivity index (χ0n) is 13.1. The zero-order chi connectivity index (χ0) is 17.3. The molecule has 4 nitrogen and oxygen atoms in total. The normalized spacial score (nSPS) is 17.2. The topological polar surface area (TPSA) is 49.4 Å². The van der Waals surface area contributed by atoms with E-state index >= 15 is 0 Å². The Balaban J connectivity index is 1.75. The third-order valence-corrected chi connectivity index (χ3v) is 4.79. The summed E-state index contributed by atoms with van der Waals surface area (Å²) in [5.74, 6) is -1.13. The van der Waals surface area contributed by atoms with Crippen LogP contribution in [0.15, 0.2) is 46.9 Å². The van der Waals surface area contributed by atoms with E-state index in [0.717, 1.165) is 15.7 Å². The van der Waals surface area contributed by atoms with E-state index in [2.05, 4.69) is 21.2 Å². The number of carbonyl (C=O) groups excluding carboxylic acids is 2. The van der Waals surface area contributed by atoms with Crippen LogP contribution in [0.3, 0.4) is 0 Å². The molecule has 1 aliphatic heterocycles. The van der Waals surface area contributed by atoms with Crippen molar-refractivity contribution in [2.24, 2.45) is 5.92 Å². The Labute approximate surface area is 153 Å². The molecule has 2 aromatic rings. The van der Waals surface area contributed by atoms with Gasteiger partial charge >= 0.3 is 0 Å². The first kappa shape index (κ1) is 17.0. The first-order chi connectivity index (χ1) is 11.5. The lowest BCUT2D eigenvalue weighted by Gasteiger charge is -2.19. The molecule has 1 fully saturated rings. The monoisotopic (exact) mass is 406 g/mol. The number of nitrogens with zero attached hydrogens (tertiary/aromatic N) is 1. The standard InChI is InChI=1S/C18H16BrClN2O2/c1-11-9-12(19)5-6-16(11)22-8-7-15(18(22)24)17(23)21-14-4-2-3-13(20)10-14/h2-6,9-10,15H,7-8H2,1H3,(H,21,23)/t15-/m1/s1. The molecular formula is C18H16BrClN2O2. The van der Waals surface area contributed by atoms with Crippen LogP contribution in [0.25, 0.3) is 0 Å². The first-order valence-electron chi connectivity index (χ1n) is 7.59. The highest BCUT2D eigenvalue weighted by Gasteiger charge is 2.38. The van der Waals surface area contributed by atoms with Gasteiger partial charge in [-0.15, -0.1) is 0 Å². The van der Waals surface area contributed by atoms with Crippen molar-refractivity contribution in [1.82, 2.24) is 0 Å². The lowest BCUT2D eigenvalue weighted by Crippen LogP contribution is -2.33. The zero-order valence-corrected chi connectivity index (χ0v) is 15.4. The molecule has 1 aliphatic rings. The van der Waals surface area contributed by atoms with E-state index in [1.54, 1.807) is 29.2 Å². The molecule has 124 valence electrons. The lowest BCUT2D eigenvalue weighted by molar-refractivity contribution is -0.129. The van der Waals surface area contributed by atoms with E-state index < -0.39 is 5.92 Å². The number of rotatable bonds is 3. The molecule has 0 radical (unpaired) electrons. The summed E-state index contributed by atoms with van der Waals surface area (Å²) >= 11 is 9.34. The molecule has 0 spiro atoms. The second-order valence-corrected chi connectivity index (χ2v) is 7.11. The van der Waals surface area contributed by atoms with E-state index in [-0.39, 0.29) is 11.8 Å². The van der Waals surface area contributed by atoms with Gasteiger partial charge in [0.1, 0.15) is 5.92 Å². The maximum absolute atomic E-state index is 12.7. The van der Waals surface area contributed by atoms with Crippen molar-refractivity contribution in [3.63, 3.8) is 0 Å². The highest BCUT2D eigenvalue weighted by molar-refractivity contribution is 9.10. The van der Waals surface area contributed by atoms with Gasteiger partial charge in [-0.25, -0.2) is 0 Å². The lowest BCUT2D eigenvalue weighted by atomic mass is 10.1.